The molecular formula is C17H23ClN2O3. The van der Waals surface area contributed by atoms with Crippen LogP contribution in [0.3, 0.4) is 0 Å². The second kappa shape index (κ2) is 7.32. The maximum Gasteiger partial charge on any atom is 0.225 e. The lowest BCUT2D eigenvalue weighted by Crippen LogP contribution is -2.51. The van der Waals surface area contributed by atoms with E-state index >= 15 is 0 Å². The number of nitrogens with one attached hydrogen (secondary N) is 1. The van der Waals surface area contributed by atoms with Gasteiger partial charge in [-0.05, 0) is 31.5 Å². The highest BCUT2D eigenvalue weighted by atomic mass is 35.5. The fraction of sp³-hybridized carbons (Fsp3) is 0.529. The van der Waals surface area contributed by atoms with Crippen LogP contribution in [-0.2, 0) is 14.3 Å². The SMILES string of the molecule is CC(=O)NC(CC(=O)N1CCOC(C)(C)C1)c1ccc(Cl)cc1. The Morgan fingerprint density at radius 1 is 1.35 bits per heavy atom. The molecule has 2 amide bonds. The molecule has 1 fully saturated rings. The van der Waals surface area contributed by atoms with Gasteiger partial charge in [-0.1, -0.05) is 23.7 Å². The minimum Gasteiger partial charge on any atom is -0.372 e. The molecule has 126 valence electrons. The van der Waals surface area contributed by atoms with Crippen molar-refractivity contribution in [3.8, 4) is 0 Å². The van der Waals surface area contributed by atoms with Crippen LogP contribution in [0.25, 0.3) is 0 Å². The standard InChI is InChI=1S/C17H23ClN2O3/c1-12(21)19-15(13-4-6-14(18)7-5-13)10-16(22)20-8-9-23-17(2,3)11-20/h4-7,15H,8-11H2,1-3H3,(H,19,21). The van der Waals surface area contributed by atoms with Gasteiger partial charge in [-0.3, -0.25) is 9.59 Å². The third-order valence-electron chi connectivity index (χ3n) is 3.81. The molecule has 1 aromatic rings. The molecule has 1 saturated heterocycles. The Bertz CT molecular complexity index is 572. The number of benzene rings is 1. The molecule has 0 spiro atoms. The highest BCUT2D eigenvalue weighted by Crippen LogP contribution is 2.23. The summed E-state index contributed by atoms with van der Waals surface area (Å²) >= 11 is 5.90. The summed E-state index contributed by atoms with van der Waals surface area (Å²) in [6.45, 7) is 7.05. The number of morpholine rings is 1. The Morgan fingerprint density at radius 3 is 2.57 bits per heavy atom. The van der Waals surface area contributed by atoms with Crippen molar-refractivity contribution in [1.82, 2.24) is 10.2 Å². The van der Waals surface area contributed by atoms with Gasteiger partial charge in [0.2, 0.25) is 11.8 Å². The van der Waals surface area contributed by atoms with E-state index < -0.39 is 0 Å². The van der Waals surface area contributed by atoms with Crippen molar-refractivity contribution in [2.75, 3.05) is 19.7 Å². The van der Waals surface area contributed by atoms with Gasteiger partial charge in [0, 0.05) is 25.0 Å². The van der Waals surface area contributed by atoms with Gasteiger partial charge >= 0.3 is 0 Å². The van der Waals surface area contributed by atoms with Gasteiger partial charge in [0.25, 0.3) is 0 Å². The van der Waals surface area contributed by atoms with Gasteiger partial charge in [-0.2, -0.15) is 0 Å². The molecule has 0 radical (unpaired) electrons. The Balaban J connectivity index is 2.09. The van der Waals surface area contributed by atoms with Crippen molar-refractivity contribution in [1.29, 1.82) is 0 Å². The zero-order valence-corrected chi connectivity index (χ0v) is 14.5. The summed E-state index contributed by atoms with van der Waals surface area (Å²) in [6.07, 6.45) is 0.220. The highest BCUT2D eigenvalue weighted by molar-refractivity contribution is 6.30. The summed E-state index contributed by atoms with van der Waals surface area (Å²) < 4.78 is 5.63. The van der Waals surface area contributed by atoms with Gasteiger partial charge in [-0.25, -0.2) is 0 Å². The first kappa shape index (κ1) is 17.8. The van der Waals surface area contributed by atoms with Crippen LogP contribution < -0.4 is 5.32 Å². The molecule has 1 N–H and O–H groups in total. The third-order valence-corrected chi connectivity index (χ3v) is 4.06. The number of hydrogen-bond donors (Lipinski definition) is 1. The zero-order chi connectivity index (χ0) is 17.0. The number of amides is 2. The molecule has 6 heteroatoms. The lowest BCUT2D eigenvalue weighted by molar-refractivity contribution is -0.146. The van der Waals surface area contributed by atoms with Crippen LogP contribution in [-0.4, -0.2) is 42.0 Å². The predicted octanol–water partition coefficient (Wildman–Crippen LogP) is 2.54. The fourth-order valence-corrected chi connectivity index (χ4v) is 2.85. The molecular weight excluding hydrogens is 316 g/mol. The van der Waals surface area contributed by atoms with Gasteiger partial charge in [0.15, 0.2) is 0 Å². The maximum atomic E-state index is 12.6. The average molecular weight is 339 g/mol. The van der Waals surface area contributed by atoms with Crippen LogP contribution in [0.5, 0.6) is 0 Å². The molecule has 0 bridgehead atoms. The monoisotopic (exact) mass is 338 g/mol. The summed E-state index contributed by atoms with van der Waals surface area (Å²) in [5.41, 5.74) is 0.531. The van der Waals surface area contributed by atoms with Gasteiger partial charge < -0.3 is 15.0 Å². The van der Waals surface area contributed by atoms with Gasteiger partial charge in [-0.15, -0.1) is 0 Å². The number of hydrogen-bond acceptors (Lipinski definition) is 3. The van der Waals surface area contributed by atoms with Crippen LogP contribution in [0.15, 0.2) is 24.3 Å². The van der Waals surface area contributed by atoms with E-state index in [-0.39, 0.29) is 29.9 Å². The molecule has 1 heterocycles. The number of carbonyl (C=O) groups is 2. The largest absolute Gasteiger partial charge is 0.372 e. The Hall–Kier alpha value is -1.59. The van der Waals surface area contributed by atoms with E-state index in [0.29, 0.717) is 24.7 Å². The second-order valence-electron chi connectivity index (χ2n) is 6.43. The van der Waals surface area contributed by atoms with Gasteiger partial charge in [0.05, 0.1) is 24.7 Å². The topological polar surface area (TPSA) is 58.6 Å². The quantitative estimate of drug-likeness (QED) is 0.917. The first-order chi connectivity index (χ1) is 10.8. The van der Waals surface area contributed by atoms with E-state index in [1.807, 2.05) is 26.0 Å². The van der Waals surface area contributed by atoms with Crippen molar-refractivity contribution in [3.63, 3.8) is 0 Å². The van der Waals surface area contributed by atoms with E-state index in [9.17, 15) is 9.59 Å². The van der Waals surface area contributed by atoms with Crippen LogP contribution in [0.2, 0.25) is 5.02 Å². The highest BCUT2D eigenvalue weighted by Gasteiger charge is 2.31. The number of carbonyl (C=O) groups excluding carboxylic acids is 2. The predicted molar refractivity (Wildman–Crippen MR) is 89.2 cm³/mol. The number of rotatable bonds is 4. The van der Waals surface area contributed by atoms with Crippen molar-refractivity contribution in [3.05, 3.63) is 34.9 Å². The van der Waals surface area contributed by atoms with E-state index in [0.717, 1.165) is 5.56 Å². The second-order valence-corrected chi connectivity index (χ2v) is 6.87. The summed E-state index contributed by atoms with van der Waals surface area (Å²) in [7, 11) is 0. The molecule has 0 aromatic heterocycles. The summed E-state index contributed by atoms with van der Waals surface area (Å²) in [4.78, 5) is 25.9. The molecule has 1 aromatic carbocycles. The average Bonchev–Trinajstić information content (AvgIpc) is 2.45. The van der Waals surface area contributed by atoms with Gasteiger partial charge in [0.1, 0.15) is 0 Å². The third kappa shape index (κ3) is 5.22. The minimum atomic E-state index is -0.358. The summed E-state index contributed by atoms with van der Waals surface area (Å²) in [6, 6.07) is 6.82. The first-order valence-electron chi connectivity index (χ1n) is 7.71. The van der Waals surface area contributed by atoms with E-state index in [1.165, 1.54) is 6.92 Å². The molecule has 0 aliphatic carbocycles. The van der Waals surface area contributed by atoms with Crippen LogP contribution in [0.4, 0.5) is 0 Å². The molecule has 1 aliphatic rings. The molecule has 5 nitrogen and oxygen atoms in total. The number of halogens is 1. The minimum absolute atomic E-state index is 0.00933. The van der Waals surface area contributed by atoms with Crippen LogP contribution in [0.1, 0.15) is 38.8 Å². The molecule has 0 saturated carbocycles. The summed E-state index contributed by atoms with van der Waals surface area (Å²) in [5.74, 6) is -0.157. The smallest absolute Gasteiger partial charge is 0.225 e. The van der Waals surface area contributed by atoms with E-state index in [2.05, 4.69) is 5.32 Å². The van der Waals surface area contributed by atoms with Crippen molar-refractivity contribution in [2.45, 2.75) is 38.8 Å². The van der Waals surface area contributed by atoms with E-state index in [1.54, 1.807) is 17.0 Å². The zero-order valence-electron chi connectivity index (χ0n) is 13.8. The molecule has 1 atom stereocenters. The molecule has 23 heavy (non-hydrogen) atoms. The Morgan fingerprint density at radius 2 is 2.00 bits per heavy atom. The number of nitrogens with zero attached hydrogens (tertiary/aromatic N) is 1. The van der Waals surface area contributed by atoms with Crippen molar-refractivity contribution >= 4 is 23.4 Å². The normalized spacial score (nSPS) is 18.3. The summed E-state index contributed by atoms with van der Waals surface area (Å²) in [5, 5.41) is 3.47. The molecule has 1 unspecified atom stereocenters. The first-order valence-corrected chi connectivity index (χ1v) is 8.09. The van der Waals surface area contributed by atoms with Crippen LogP contribution >= 0.6 is 11.6 Å². The maximum absolute atomic E-state index is 12.6. The molecule has 2 rings (SSSR count). The van der Waals surface area contributed by atoms with E-state index in [4.69, 9.17) is 16.3 Å². The lowest BCUT2D eigenvalue weighted by atomic mass is 10.0. The molecule has 1 aliphatic heterocycles. The van der Waals surface area contributed by atoms with Crippen LogP contribution in [0, 0.1) is 0 Å². The lowest BCUT2D eigenvalue weighted by Gasteiger charge is -2.38. The van der Waals surface area contributed by atoms with Crippen molar-refractivity contribution in [2.24, 2.45) is 0 Å². The Kier molecular flexibility index (Phi) is 5.65. The Labute approximate surface area is 141 Å². The van der Waals surface area contributed by atoms with Crippen molar-refractivity contribution < 1.29 is 14.3 Å². The fourth-order valence-electron chi connectivity index (χ4n) is 2.73. The number of ether oxygens (including phenoxy) is 1.